The number of aliphatic hydroxyl groups is 6. The minimum atomic E-state index is -0.751. The van der Waals surface area contributed by atoms with Crippen LogP contribution >= 0.6 is 0 Å². The predicted octanol–water partition coefficient (Wildman–Crippen LogP) is 18.4. The summed E-state index contributed by atoms with van der Waals surface area (Å²) >= 11 is 0. The van der Waals surface area contributed by atoms with E-state index < -0.39 is 24.4 Å². The molecule has 8 aromatic rings. The molecule has 84 heavy (non-hydrogen) atoms. The Morgan fingerprint density at radius 1 is 0.286 bits per heavy atom. The van der Waals surface area contributed by atoms with Crippen LogP contribution in [0.5, 0.6) is 0 Å². The fourth-order valence-corrected chi connectivity index (χ4v) is 9.56. The van der Waals surface area contributed by atoms with Crippen LogP contribution in [0.4, 0.5) is 17.6 Å². The zero-order chi connectivity index (χ0) is 62.5. The van der Waals surface area contributed by atoms with Gasteiger partial charge in [-0.25, -0.2) is 17.6 Å². The standard InChI is InChI=1S/2C19H23FO.2C18H21FO2/c2*1-5-13-10-11-14(15-8-6-7-9-17(15)20)16(12-13)18(21)19(2,3)4;2*1-18(2,3)17(21)15-10-12(11-20)8-9-13(15)14-6-4-5-7-16(14)19/h2*6-12,18,21H,5H2,1-4H3;2*4-10,17,20-21H,11H2,1-3H3/t2*18-;2*17-/m1010/s1. The first-order valence-corrected chi connectivity index (χ1v) is 28.8. The average Bonchev–Trinajstić information content (AvgIpc) is 2.04. The van der Waals surface area contributed by atoms with Crippen LogP contribution in [0.1, 0.15) is 166 Å². The fraction of sp³-hybridized carbons (Fsp3) is 0.351. The van der Waals surface area contributed by atoms with Crippen LogP contribution < -0.4 is 0 Å². The van der Waals surface area contributed by atoms with Crippen molar-refractivity contribution in [2.45, 2.75) is 147 Å². The number of halogens is 4. The Hall–Kier alpha value is -6.76. The summed E-state index contributed by atoms with van der Waals surface area (Å²) in [7, 11) is 0. The molecule has 0 radical (unpaired) electrons. The Morgan fingerprint density at radius 2 is 0.476 bits per heavy atom. The highest BCUT2D eigenvalue weighted by Crippen LogP contribution is 2.43. The summed E-state index contributed by atoms with van der Waals surface area (Å²) < 4.78 is 56.4. The highest BCUT2D eigenvalue weighted by atomic mass is 19.1. The second-order valence-electron chi connectivity index (χ2n) is 25.7. The first-order chi connectivity index (χ1) is 39.4. The molecule has 0 bridgehead atoms. The lowest BCUT2D eigenvalue weighted by atomic mass is 9.81. The van der Waals surface area contributed by atoms with Gasteiger partial charge in [-0.15, -0.1) is 0 Å². The molecule has 6 N–H and O–H groups in total. The van der Waals surface area contributed by atoms with E-state index in [0.29, 0.717) is 55.6 Å². The predicted molar refractivity (Wildman–Crippen MR) is 336 cm³/mol. The Labute approximate surface area is 497 Å². The summed E-state index contributed by atoms with van der Waals surface area (Å²) in [4.78, 5) is 0. The van der Waals surface area contributed by atoms with Gasteiger partial charge in [0.25, 0.3) is 0 Å². The van der Waals surface area contributed by atoms with Crippen LogP contribution in [0.3, 0.4) is 0 Å². The zero-order valence-corrected chi connectivity index (χ0v) is 51.5. The number of aryl methyl sites for hydroxylation is 2. The lowest BCUT2D eigenvalue weighted by Gasteiger charge is -2.28. The van der Waals surface area contributed by atoms with Crippen molar-refractivity contribution in [3.05, 3.63) is 238 Å². The number of benzene rings is 8. The van der Waals surface area contributed by atoms with E-state index in [9.17, 15) is 48.2 Å². The summed E-state index contributed by atoms with van der Waals surface area (Å²) in [5.41, 5.74) is 10.1. The number of hydrogen-bond donors (Lipinski definition) is 6. The van der Waals surface area contributed by atoms with E-state index in [1.807, 2.05) is 132 Å². The van der Waals surface area contributed by atoms with Crippen LogP contribution in [-0.4, -0.2) is 30.6 Å². The molecule has 4 atom stereocenters. The number of rotatable bonds is 12. The largest absolute Gasteiger partial charge is 0.392 e. The van der Waals surface area contributed by atoms with E-state index in [0.717, 1.165) is 46.2 Å². The van der Waals surface area contributed by atoms with Crippen molar-refractivity contribution in [2.75, 3.05) is 0 Å². The van der Waals surface area contributed by atoms with E-state index in [1.165, 1.54) is 24.3 Å². The molecule has 0 aliphatic heterocycles. The van der Waals surface area contributed by atoms with Gasteiger partial charge in [0, 0.05) is 22.3 Å². The molecule has 0 spiro atoms. The second-order valence-corrected chi connectivity index (χ2v) is 25.7. The van der Waals surface area contributed by atoms with Crippen LogP contribution in [0, 0.1) is 44.9 Å². The maximum Gasteiger partial charge on any atom is 0.131 e. The SMILES string of the molecule is CC(C)(C)[C@@H](O)c1cc(CO)ccc1-c1ccccc1F.CC(C)(C)[C@H](O)c1cc(CO)ccc1-c1ccccc1F.CCc1ccc(-c2ccccc2F)c([C@@H](O)C(C)(C)C)c1.CCc1ccc(-c2ccccc2F)c([C@H](O)C(C)(C)C)c1. The average molecular weight is 1150 g/mol. The first-order valence-electron chi connectivity index (χ1n) is 28.8. The second kappa shape index (κ2) is 29.4. The van der Waals surface area contributed by atoms with E-state index in [-0.39, 0.29) is 58.1 Å². The summed E-state index contributed by atoms with van der Waals surface area (Å²) in [5.74, 6) is -1.17. The Balaban J connectivity index is 0.000000205. The van der Waals surface area contributed by atoms with Crippen LogP contribution in [0.25, 0.3) is 44.5 Å². The fourth-order valence-electron chi connectivity index (χ4n) is 9.56. The lowest BCUT2D eigenvalue weighted by Crippen LogP contribution is -2.19. The molecule has 0 fully saturated rings. The van der Waals surface area contributed by atoms with Gasteiger partial charge in [0.15, 0.2) is 0 Å². The molecule has 0 aliphatic carbocycles. The molecule has 0 aliphatic rings. The molecule has 0 unspecified atom stereocenters. The third-order valence-corrected chi connectivity index (χ3v) is 14.8. The van der Waals surface area contributed by atoms with E-state index in [4.69, 9.17) is 0 Å². The summed E-state index contributed by atoms with van der Waals surface area (Å²) in [6.45, 7) is 27.4. The van der Waals surface area contributed by atoms with Gasteiger partial charge < -0.3 is 30.6 Å². The topological polar surface area (TPSA) is 121 Å². The first kappa shape index (κ1) is 68.0. The van der Waals surface area contributed by atoms with Gasteiger partial charge in [0.2, 0.25) is 0 Å². The molecule has 10 heteroatoms. The van der Waals surface area contributed by atoms with E-state index >= 15 is 0 Å². The zero-order valence-electron chi connectivity index (χ0n) is 51.5. The van der Waals surface area contributed by atoms with E-state index in [2.05, 4.69) is 13.8 Å². The summed E-state index contributed by atoms with van der Waals surface area (Å²) in [6.07, 6.45) is -1.00. The third kappa shape index (κ3) is 17.7. The Bertz CT molecular complexity index is 2960. The Kier molecular flexibility index (Phi) is 23.8. The van der Waals surface area contributed by atoms with Gasteiger partial charge in [-0.1, -0.05) is 243 Å². The highest BCUT2D eigenvalue weighted by Gasteiger charge is 2.31. The van der Waals surface area contributed by atoms with Crippen molar-refractivity contribution in [2.24, 2.45) is 21.7 Å². The molecule has 448 valence electrons. The third-order valence-electron chi connectivity index (χ3n) is 14.8. The molecule has 0 saturated heterocycles. The molecule has 8 rings (SSSR count). The molecular weight excluding hydrogens is 1060 g/mol. The van der Waals surface area contributed by atoms with Crippen molar-refractivity contribution in [3.63, 3.8) is 0 Å². The Morgan fingerprint density at radius 3 is 0.655 bits per heavy atom. The van der Waals surface area contributed by atoms with Gasteiger partial charge in [0.1, 0.15) is 23.3 Å². The minimum Gasteiger partial charge on any atom is -0.392 e. The van der Waals surface area contributed by atoms with Gasteiger partial charge >= 0.3 is 0 Å². The van der Waals surface area contributed by atoms with Crippen LogP contribution in [-0.2, 0) is 26.1 Å². The number of hydrogen-bond acceptors (Lipinski definition) is 6. The van der Waals surface area contributed by atoms with Crippen molar-refractivity contribution in [1.29, 1.82) is 0 Å². The monoisotopic (exact) mass is 1150 g/mol. The highest BCUT2D eigenvalue weighted by molar-refractivity contribution is 5.72. The van der Waals surface area contributed by atoms with Crippen molar-refractivity contribution >= 4 is 0 Å². The molecule has 0 heterocycles. The van der Waals surface area contributed by atoms with Gasteiger partial charge in [-0.3, -0.25) is 0 Å². The molecular formula is C74H88F4O6. The van der Waals surface area contributed by atoms with Crippen LogP contribution in [0.2, 0.25) is 0 Å². The maximum atomic E-state index is 14.1. The lowest BCUT2D eigenvalue weighted by molar-refractivity contribution is 0.0629. The van der Waals surface area contributed by atoms with Gasteiger partial charge in [-0.05, 0) is 126 Å². The molecule has 0 amide bonds. The molecule has 8 aromatic carbocycles. The van der Waals surface area contributed by atoms with Crippen molar-refractivity contribution in [1.82, 2.24) is 0 Å². The smallest absolute Gasteiger partial charge is 0.131 e. The van der Waals surface area contributed by atoms with Gasteiger partial charge in [0.05, 0.1) is 37.6 Å². The van der Waals surface area contributed by atoms with Crippen molar-refractivity contribution < 1.29 is 48.2 Å². The molecule has 0 saturated carbocycles. The molecule has 0 aromatic heterocycles. The maximum absolute atomic E-state index is 14.1. The normalized spacial score (nSPS) is 13.2. The van der Waals surface area contributed by atoms with Crippen LogP contribution in [0.15, 0.2) is 170 Å². The quantitative estimate of drug-likeness (QED) is 0.0678. The van der Waals surface area contributed by atoms with E-state index in [1.54, 1.807) is 97.1 Å². The van der Waals surface area contributed by atoms with Gasteiger partial charge in [-0.2, -0.15) is 0 Å². The summed E-state index contributed by atoms with van der Waals surface area (Å²) in [5, 5.41) is 61.2. The molecule has 6 nitrogen and oxygen atoms in total. The summed E-state index contributed by atoms with van der Waals surface area (Å²) in [6, 6.07) is 48.8. The number of aliphatic hydroxyl groups excluding tert-OH is 6. The minimum absolute atomic E-state index is 0.110. The van der Waals surface area contributed by atoms with Crippen molar-refractivity contribution in [3.8, 4) is 44.5 Å².